The number of hydrogen-bond donors (Lipinski definition) is 2. The van der Waals surface area contributed by atoms with Gasteiger partial charge in [-0.2, -0.15) is 0 Å². The van der Waals surface area contributed by atoms with E-state index in [4.69, 9.17) is 38.5 Å². The molecular weight excluding hydrogens is 339 g/mol. The van der Waals surface area contributed by atoms with Gasteiger partial charge in [0.15, 0.2) is 5.58 Å². The molecule has 0 bridgehead atoms. The Morgan fingerprint density at radius 2 is 1.96 bits per heavy atom. The van der Waals surface area contributed by atoms with Gasteiger partial charge in [0.25, 0.3) is 0 Å². The maximum atomic E-state index is 10.8. The zero-order chi connectivity index (χ0) is 16.6. The summed E-state index contributed by atoms with van der Waals surface area (Å²) < 4.78 is 5.73. The zero-order valence-electron chi connectivity index (χ0n) is 11.8. The van der Waals surface area contributed by atoms with Gasteiger partial charge in [-0.3, -0.25) is 4.79 Å². The number of rotatable bonds is 4. The van der Waals surface area contributed by atoms with Crippen molar-refractivity contribution >= 4 is 40.3 Å². The number of oxazole rings is 1. The minimum absolute atomic E-state index is 0.203. The van der Waals surface area contributed by atoms with Crippen LogP contribution >= 0.6 is 23.2 Å². The Morgan fingerprint density at radius 3 is 2.61 bits per heavy atom. The molecule has 1 aromatic heterocycles. The molecule has 0 saturated heterocycles. The van der Waals surface area contributed by atoms with Crippen LogP contribution in [0.15, 0.2) is 40.8 Å². The maximum Gasteiger partial charge on any atom is 0.320 e. The molecule has 1 atom stereocenters. The van der Waals surface area contributed by atoms with E-state index in [9.17, 15) is 4.79 Å². The van der Waals surface area contributed by atoms with E-state index in [2.05, 4.69) is 4.98 Å². The molecule has 0 spiro atoms. The van der Waals surface area contributed by atoms with Crippen molar-refractivity contribution in [3.8, 4) is 11.5 Å². The first-order valence-electron chi connectivity index (χ1n) is 6.78. The predicted molar refractivity (Wildman–Crippen MR) is 88.8 cm³/mol. The van der Waals surface area contributed by atoms with E-state index < -0.39 is 12.0 Å². The molecule has 2 aromatic carbocycles. The van der Waals surface area contributed by atoms with Gasteiger partial charge in [0, 0.05) is 0 Å². The summed E-state index contributed by atoms with van der Waals surface area (Å²) in [6.07, 6.45) is 0.203. The Hall–Kier alpha value is -2.08. The van der Waals surface area contributed by atoms with Crippen molar-refractivity contribution in [3.05, 3.63) is 52.0 Å². The topological polar surface area (TPSA) is 89.4 Å². The number of halogens is 2. The number of carboxylic acids is 1. The van der Waals surface area contributed by atoms with E-state index in [0.29, 0.717) is 32.6 Å². The Balaban J connectivity index is 2.01. The Morgan fingerprint density at radius 1 is 1.26 bits per heavy atom. The van der Waals surface area contributed by atoms with Gasteiger partial charge in [-0.1, -0.05) is 35.3 Å². The molecule has 7 heteroatoms. The lowest BCUT2D eigenvalue weighted by Crippen LogP contribution is -2.32. The lowest BCUT2D eigenvalue weighted by Gasteiger charge is -2.05. The lowest BCUT2D eigenvalue weighted by molar-refractivity contribution is -0.138. The standard InChI is InChI=1S/C16H12Cl2N2O3/c17-9-2-1-3-10(18)14(9)15-20-12-5-4-8(7-13(12)23-15)6-11(19)16(21)22/h1-5,7,11H,6,19H2,(H,21,22). The van der Waals surface area contributed by atoms with Crippen LogP contribution in [0, 0.1) is 0 Å². The normalized spacial score (nSPS) is 12.5. The number of hydrogen-bond acceptors (Lipinski definition) is 4. The third-order valence-corrected chi connectivity index (χ3v) is 4.03. The summed E-state index contributed by atoms with van der Waals surface area (Å²) in [7, 11) is 0. The average Bonchev–Trinajstić information content (AvgIpc) is 2.89. The third kappa shape index (κ3) is 3.17. The summed E-state index contributed by atoms with van der Waals surface area (Å²) in [4.78, 5) is 15.2. The summed E-state index contributed by atoms with van der Waals surface area (Å²) >= 11 is 12.3. The highest BCUT2D eigenvalue weighted by atomic mass is 35.5. The fourth-order valence-corrected chi connectivity index (χ4v) is 2.81. The van der Waals surface area contributed by atoms with Crippen LogP contribution in [0.5, 0.6) is 0 Å². The number of benzene rings is 2. The number of nitrogens with zero attached hydrogens (tertiary/aromatic N) is 1. The quantitative estimate of drug-likeness (QED) is 0.747. The van der Waals surface area contributed by atoms with Crippen molar-refractivity contribution < 1.29 is 14.3 Å². The smallest absolute Gasteiger partial charge is 0.320 e. The van der Waals surface area contributed by atoms with Crippen molar-refractivity contribution in [2.75, 3.05) is 0 Å². The first-order valence-corrected chi connectivity index (χ1v) is 7.53. The summed E-state index contributed by atoms with van der Waals surface area (Å²) in [5.74, 6) is -0.735. The van der Waals surface area contributed by atoms with E-state index in [-0.39, 0.29) is 6.42 Å². The Kier molecular flexibility index (Phi) is 4.26. The molecule has 3 N–H and O–H groups in total. The van der Waals surface area contributed by atoms with E-state index in [1.165, 1.54) is 0 Å². The van der Waals surface area contributed by atoms with Crippen LogP contribution in [-0.2, 0) is 11.2 Å². The summed E-state index contributed by atoms with van der Waals surface area (Å²) in [6.45, 7) is 0. The Bertz CT molecular complexity index is 872. The van der Waals surface area contributed by atoms with Gasteiger partial charge in [-0.25, -0.2) is 4.98 Å². The first kappa shape index (κ1) is 15.8. The van der Waals surface area contributed by atoms with Gasteiger partial charge in [0.2, 0.25) is 5.89 Å². The van der Waals surface area contributed by atoms with Gasteiger partial charge in [-0.15, -0.1) is 0 Å². The van der Waals surface area contributed by atoms with Gasteiger partial charge in [-0.05, 0) is 36.2 Å². The number of carbonyl (C=O) groups is 1. The molecule has 5 nitrogen and oxygen atoms in total. The van der Waals surface area contributed by atoms with Crippen LogP contribution in [0.3, 0.4) is 0 Å². The minimum atomic E-state index is -1.05. The highest BCUT2D eigenvalue weighted by Gasteiger charge is 2.17. The van der Waals surface area contributed by atoms with Crippen LogP contribution in [0.1, 0.15) is 5.56 Å². The van der Waals surface area contributed by atoms with Crippen molar-refractivity contribution in [3.63, 3.8) is 0 Å². The van der Waals surface area contributed by atoms with Gasteiger partial charge < -0.3 is 15.3 Å². The maximum absolute atomic E-state index is 10.8. The highest BCUT2D eigenvalue weighted by Crippen LogP contribution is 2.35. The second-order valence-electron chi connectivity index (χ2n) is 5.07. The van der Waals surface area contributed by atoms with Crippen molar-refractivity contribution in [1.82, 2.24) is 4.98 Å². The number of carboxylic acid groups (broad SMARTS) is 1. The molecule has 3 aromatic rings. The fourth-order valence-electron chi connectivity index (χ4n) is 2.25. The van der Waals surface area contributed by atoms with Gasteiger partial charge in [0.1, 0.15) is 11.6 Å². The molecule has 0 aliphatic carbocycles. The van der Waals surface area contributed by atoms with E-state index >= 15 is 0 Å². The van der Waals surface area contributed by atoms with Crippen molar-refractivity contribution in [2.45, 2.75) is 12.5 Å². The third-order valence-electron chi connectivity index (χ3n) is 3.40. The number of aliphatic carboxylic acids is 1. The van der Waals surface area contributed by atoms with Gasteiger partial charge >= 0.3 is 5.97 Å². The average molecular weight is 351 g/mol. The van der Waals surface area contributed by atoms with Crippen LogP contribution < -0.4 is 5.73 Å². The number of nitrogens with two attached hydrogens (primary N) is 1. The molecule has 0 aliphatic rings. The van der Waals surface area contributed by atoms with Crippen LogP contribution in [0.25, 0.3) is 22.6 Å². The second-order valence-corrected chi connectivity index (χ2v) is 5.88. The van der Waals surface area contributed by atoms with Gasteiger partial charge in [0.05, 0.1) is 15.6 Å². The summed E-state index contributed by atoms with van der Waals surface area (Å²) in [5.41, 5.74) is 7.97. The van der Waals surface area contributed by atoms with Crippen molar-refractivity contribution in [1.29, 1.82) is 0 Å². The molecule has 118 valence electrons. The van der Waals surface area contributed by atoms with Crippen LogP contribution in [-0.4, -0.2) is 22.1 Å². The molecule has 0 saturated carbocycles. The molecular formula is C16H12Cl2N2O3. The van der Waals surface area contributed by atoms with Crippen molar-refractivity contribution in [2.24, 2.45) is 5.73 Å². The molecule has 0 aliphatic heterocycles. The molecule has 1 heterocycles. The molecule has 0 fully saturated rings. The summed E-state index contributed by atoms with van der Waals surface area (Å²) in [5, 5.41) is 9.76. The lowest BCUT2D eigenvalue weighted by atomic mass is 10.1. The Labute approximate surface area is 141 Å². The minimum Gasteiger partial charge on any atom is -0.480 e. The first-order chi connectivity index (χ1) is 11.0. The van der Waals surface area contributed by atoms with Crippen LogP contribution in [0.4, 0.5) is 0 Å². The predicted octanol–water partition coefficient (Wildman–Crippen LogP) is 3.76. The van der Waals surface area contributed by atoms with E-state index in [0.717, 1.165) is 5.56 Å². The number of fused-ring (bicyclic) bond motifs is 1. The van der Waals surface area contributed by atoms with Crippen LogP contribution in [0.2, 0.25) is 10.0 Å². The molecule has 3 rings (SSSR count). The molecule has 0 radical (unpaired) electrons. The number of aromatic nitrogens is 1. The molecule has 0 amide bonds. The fraction of sp³-hybridized carbons (Fsp3) is 0.125. The van der Waals surface area contributed by atoms with E-state index in [1.54, 1.807) is 36.4 Å². The SMILES string of the molecule is NC(Cc1ccc2nc(-c3c(Cl)cccc3Cl)oc2c1)C(=O)O. The zero-order valence-corrected chi connectivity index (χ0v) is 13.3. The monoisotopic (exact) mass is 350 g/mol. The molecule has 1 unspecified atom stereocenters. The van der Waals surface area contributed by atoms with E-state index in [1.807, 2.05) is 0 Å². The second kappa shape index (κ2) is 6.20. The highest BCUT2D eigenvalue weighted by molar-refractivity contribution is 6.38. The largest absolute Gasteiger partial charge is 0.480 e. The molecule has 23 heavy (non-hydrogen) atoms. The summed E-state index contributed by atoms with van der Waals surface area (Å²) in [6, 6.07) is 9.42.